The topological polar surface area (TPSA) is 222 Å². The van der Waals surface area contributed by atoms with Gasteiger partial charge in [0.1, 0.15) is 11.6 Å². The Morgan fingerprint density at radius 2 is 1.77 bits per heavy atom. The van der Waals surface area contributed by atoms with E-state index in [1.54, 1.807) is 20.8 Å². The molecule has 2 saturated heterocycles. The molecule has 19 heteroatoms. The zero-order valence-corrected chi connectivity index (χ0v) is 26.1. The zero-order valence-electron chi connectivity index (χ0n) is 25.3. The Labute approximate surface area is 253 Å². The summed E-state index contributed by atoms with van der Waals surface area (Å²) >= 11 is 0. The quantitative estimate of drug-likeness (QED) is 0.145. The Kier molecular flexibility index (Phi) is 11.2. The molecule has 2 N–H and O–H groups in total. The van der Waals surface area contributed by atoms with Crippen LogP contribution >= 0.6 is 0 Å². The molecule has 0 unspecified atom stereocenters. The molecule has 0 saturated carbocycles. The largest absolute Gasteiger partial charge is 0.519 e. The molecule has 2 aliphatic heterocycles. The number of nitrogens with zero attached hydrogens (tertiary/aromatic N) is 2. The molecule has 1 aromatic rings. The number of esters is 2. The Bertz CT molecular complexity index is 1380. The molecular weight excluding hydrogens is 612 g/mol. The first kappa shape index (κ1) is 35.0. The number of fused-ring (bicyclic) bond motifs is 2. The standard InChI is InChI=1S/C25H38N4O14S/c1-15-18(41-23(34)40-15)13-37-21(32)25(5,6)14-39-44(35,36)43-29-16-7-8-17(28(12-16)22(29)33)20(31)27-38-10-9-26-11-19(30)42-24(2,3)4/h16-17,26H,7-14H2,1-6H3,(H,27,31)/t16-,17+/m1/s1. The molecule has 0 radical (unpaired) electrons. The first-order valence-corrected chi connectivity index (χ1v) is 15.0. The Morgan fingerprint density at radius 1 is 1.07 bits per heavy atom. The molecule has 3 rings (SSSR count). The van der Waals surface area contributed by atoms with E-state index in [-0.39, 0.29) is 50.6 Å². The first-order chi connectivity index (χ1) is 20.4. The summed E-state index contributed by atoms with van der Waals surface area (Å²) in [6.07, 6.45) is 0.451. The number of hydrogen-bond acceptors (Lipinski definition) is 15. The molecule has 0 aliphatic carbocycles. The highest BCUT2D eigenvalue weighted by Gasteiger charge is 2.50. The molecule has 1 aromatic heterocycles. The van der Waals surface area contributed by atoms with Crippen LogP contribution < -0.4 is 16.6 Å². The molecule has 2 bridgehead atoms. The average molecular weight is 651 g/mol. The molecule has 44 heavy (non-hydrogen) atoms. The molecule has 0 spiro atoms. The molecule has 18 nitrogen and oxygen atoms in total. The lowest BCUT2D eigenvalue weighted by molar-refractivity contribution is -0.158. The van der Waals surface area contributed by atoms with E-state index >= 15 is 0 Å². The first-order valence-electron chi connectivity index (χ1n) is 13.7. The van der Waals surface area contributed by atoms with Crippen LogP contribution in [0, 0.1) is 12.3 Å². The van der Waals surface area contributed by atoms with Gasteiger partial charge in [0.2, 0.25) is 0 Å². The van der Waals surface area contributed by atoms with E-state index in [1.165, 1.54) is 20.8 Å². The van der Waals surface area contributed by atoms with Crippen LogP contribution in [0.2, 0.25) is 0 Å². The van der Waals surface area contributed by atoms with Gasteiger partial charge in [-0.1, -0.05) is 0 Å². The number of carbonyl (C=O) groups excluding carboxylic acids is 4. The van der Waals surface area contributed by atoms with Gasteiger partial charge in [-0.25, -0.2) is 19.3 Å². The van der Waals surface area contributed by atoms with Crippen LogP contribution in [0.5, 0.6) is 0 Å². The summed E-state index contributed by atoms with van der Waals surface area (Å²) in [7, 11) is -4.82. The van der Waals surface area contributed by atoms with Crippen molar-refractivity contribution in [3.63, 3.8) is 0 Å². The van der Waals surface area contributed by atoms with Crippen LogP contribution in [0.3, 0.4) is 0 Å². The number of hydrogen-bond donors (Lipinski definition) is 2. The van der Waals surface area contributed by atoms with E-state index < -0.39 is 76.4 Å². The summed E-state index contributed by atoms with van der Waals surface area (Å²) in [6, 6.07) is -2.48. The maximum atomic E-state index is 12.9. The fraction of sp³-hybridized carbons (Fsp3) is 0.720. The predicted molar refractivity (Wildman–Crippen MR) is 145 cm³/mol. The second-order valence-electron chi connectivity index (χ2n) is 11.7. The second kappa shape index (κ2) is 14.1. The third-order valence-electron chi connectivity index (χ3n) is 6.33. The van der Waals surface area contributed by atoms with Crippen molar-refractivity contribution >= 4 is 34.3 Å². The Morgan fingerprint density at radius 3 is 2.41 bits per heavy atom. The van der Waals surface area contributed by atoms with Crippen LogP contribution in [0.25, 0.3) is 0 Å². The van der Waals surface area contributed by atoms with Crippen molar-refractivity contribution in [2.24, 2.45) is 5.41 Å². The summed E-state index contributed by atoms with van der Waals surface area (Å²) in [5.41, 5.74) is 0.160. The monoisotopic (exact) mass is 650 g/mol. The van der Waals surface area contributed by atoms with Gasteiger partial charge in [-0.05, 0) is 54.4 Å². The summed E-state index contributed by atoms with van der Waals surface area (Å²) in [5, 5.41) is 3.44. The van der Waals surface area contributed by atoms with E-state index in [4.69, 9.17) is 27.2 Å². The predicted octanol–water partition coefficient (Wildman–Crippen LogP) is 0.0513. The second-order valence-corrected chi connectivity index (χ2v) is 12.9. The van der Waals surface area contributed by atoms with Gasteiger partial charge < -0.3 is 28.5 Å². The minimum atomic E-state index is -4.82. The van der Waals surface area contributed by atoms with Crippen LogP contribution in [-0.2, 0) is 54.2 Å². The minimum absolute atomic E-state index is 0.00413. The lowest BCUT2D eigenvalue weighted by Crippen LogP contribution is -2.50. The van der Waals surface area contributed by atoms with Gasteiger partial charge in [-0.3, -0.25) is 19.2 Å². The van der Waals surface area contributed by atoms with E-state index in [0.29, 0.717) is 5.06 Å². The number of amides is 3. The van der Waals surface area contributed by atoms with E-state index in [0.717, 1.165) is 4.90 Å². The third kappa shape index (κ3) is 9.74. The minimum Gasteiger partial charge on any atom is -0.459 e. The normalized spacial score (nSPS) is 18.8. The molecule has 248 valence electrons. The number of urea groups is 1. The fourth-order valence-electron chi connectivity index (χ4n) is 4.12. The lowest BCUT2D eigenvalue weighted by atomic mass is 9.95. The van der Waals surface area contributed by atoms with Gasteiger partial charge in [-0.15, -0.1) is 4.28 Å². The summed E-state index contributed by atoms with van der Waals surface area (Å²) < 4.78 is 54.6. The van der Waals surface area contributed by atoms with Gasteiger partial charge in [0.25, 0.3) is 5.91 Å². The van der Waals surface area contributed by atoms with Crippen molar-refractivity contribution in [3.05, 3.63) is 22.1 Å². The van der Waals surface area contributed by atoms with Crippen molar-refractivity contribution in [2.45, 2.75) is 78.7 Å². The zero-order chi connectivity index (χ0) is 32.9. The average Bonchev–Trinajstić information content (AvgIpc) is 3.36. The Hall–Kier alpha value is -3.52. The summed E-state index contributed by atoms with van der Waals surface area (Å²) in [6.45, 7) is 8.49. The van der Waals surface area contributed by atoms with E-state index in [2.05, 4.69) is 15.2 Å². The summed E-state index contributed by atoms with van der Waals surface area (Å²) in [5.74, 6) is -2.76. The lowest BCUT2D eigenvalue weighted by Gasteiger charge is -2.28. The number of aryl methyl sites for hydroxylation is 1. The molecule has 0 aromatic carbocycles. The number of nitrogens with one attached hydrogen (secondary N) is 2. The maximum absolute atomic E-state index is 12.9. The SMILES string of the molecule is Cc1oc(=O)oc1COC(=O)C(C)(C)COS(=O)(=O)ON1C(=O)N2C[C@H]1CC[C@H]2C(=O)NOCCNCC(=O)OC(C)(C)C. The van der Waals surface area contributed by atoms with Crippen LogP contribution in [-0.4, -0.2) is 92.8 Å². The molecule has 3 heterocycles. The molecule has 3 amide bonds. The molecule has 2 fully saturated rings. The third-order valence-corrected chi connectivity index (χ3v) is 7.08. The number of rotatable bonds is 15. The highest BCUT2D eigenvalue weighted by Crippen LogP contribution is 2.31. The fourth-order valence-corrected chi connectivity index (χ4v) is 4.98. The van der Waals surface area contributed by atoms with E-state index in [1.807, 2.05) is 0 Å². The highest BCUT2D eigenvalue weighted by atomic mass is 32.3. The number of ether oxygens (including phenoxy) is 2. The van der Waals surface area contributed by atoms with Crippen molar-refractivity contribution < 1.29 is 59.2 Å². The van der Waals surface area contributed by atoms with Gasteiger partial charge in [0.05, 0.1) is 31.2 Å². The van der Waals surface area contributed by atoms with E-state index in [9.17, 15) is 32.4 Å². The van der Waals surface area contributed by atoms with Crippen LogP contribution in [0.1, 0.15) is 59.0 Å². The van der Waals surface area contributed by atoms with Gasteiger partial charge in [0, 0.05) is 13.1 Å². The van der Waals surface area contributed by atoms with Crippen molar-refractivity contribution in [1.82, 2.24) is 20.8 Å². The van der Waals surface area contributed by atoms with Gasteiger partial charge >= 0.3 is 34.2 Å². The molecule has 2 aliphatic rings. The van der Waals surface area contributed by atoms with Crippen LogP contribution in [0.4, 0.5) is 4.79 Å². The van der Waals surface area contributed by atoms with Gasteiger partial charge in [0.15, 0.2) is 18.1 Å². The summed E-state index contributed by atoms with van der Waals surface area (Å²) in [4.78, 5) is 67.2. The molecular formula is C25H38N4O14S. The van der Waals surface area contributed by atoms with Crippen LogP contribution in [0.15, 0.2) is 13.6 Å². The van der Waals surface area contributed by atoms with Gasteiger partial charge in [-0.2, -0.15) is 13.5 Å². The maximum Gasteiger partial charge on any atom is 0.519 e. The smallest absolute Gasteiger partial charge is 0.459 e. The number of piperidine rings is 1. The molecule has 2 atom stereocenters. The highest BCUT2D eigenvalue weighted by molar-refractivity contribution is 7.81. The Balaban J connectivity index is 1.43. The van der Waals surface area contributed by atoms with Crippen molar-refractivity contribution in [2.75, 3.05) is 32.8 Å². The number of carbonyl (C=O) groups is 4. The van der Waals surface area contributed by atoms with Crippen molar-refractivity contribution in [3.8, 4) is 0 Å². The number of hydroxylamine groups is 3. The van der Waals surface area contributed by atoms with Crippen molar-refractivity contribution in [1.29, 1.82) is 0 Å².